The molecule has 1 saturated heterocycles. The fraction of sp³-hybridized carbons (Fsp3) is 0.667. The summed E-state index contributed by atoms with van der Waals surface area (Å²) in [5.41, 5.74) is 0. The van der Waals surface area contributed by atoms with E-state index in [1.165, 1.54) is 11.3 Å². The van der Waals surface area contributed by atoms with Crippen molar-refractivity contribution >= 4 is 34.7 Å². The summed E-state index contributed by atoms with van der Waals surface area (Å²) < 4.78 is 6.40. The lowest BCUT2D eigenvalue weighted by Crippen LogP contribution is -2.12. The second kappa shape index (κ2) is 5.01. The van der Waals surface area contributed by atoms with Gasteiger partial charge in [-0.1, -0.05) is 23.4 Å². The molecule has 0 aromatic carbocycles. The van der Waals surface area contributed by atoms with E-state index >= 15 is 0 Å². The van der Waals surface area contributed by atoms with E-state index in [2.05, 4.69) is 11.9 Å². The number of aliphatic hydroxyl groups excluding tert-OH is 1. The Morgan fingerprint density at radius 3 is 3.07 bits per heavy atom. The molecule has 0 bridgehead atoms. The van der Waals surface area contributed by atoms with Gasteiger partial charge in [0.2, 0.25) is 0 Å². The van der Waals surface area contributed by atoms with Crippen LogP contribution in [-0.2, 0) is 11.3 Å². The molecule has 1 aromatic heterocycles. The molecule has 1 aromatic rings. The number of aliphatic hydroxyl groups is 1. The number of nitrogens with zero attached hydrogens (tertiary/aromatic N) is 1. The molecule has 0 aliphatic carbocycles. The van der Waals surface area contributed by atoms with Crippen LogP contribution in [0.1, 0.15) is 18.2 Å². The zero-order valence-electron chi connectivity index (χ0n) is 8.27. The first-order valence-corrected chi connectivity index (χ1v) is 6.82. The van der Waals surface area contributed by atoms with Crippen molar-refractivity contribution in [3.05, 3.63) is 10.0 Å². The highest BCUT2D eigenvalue weighted by atomic mass is 35.5. The Morgan fingerprint density at radius 1 is 1.73 bits per heavy atom. The molecule has 0 saturated carbocycles. The van der Waals surface area contributed by atoms with E-state index in [-0.39, 0.29) is 12.7 Å². The average Bonchev–Trinajstić information content (AvgIpc) is 2.75. The largest absolute Gasteiger partial charge is 0.391 e. The van der Waals surface area contributed by atoms with Gasteiger partial charge in [-0.25, -0.2) is 4.98 Å². The molecule has 0 spiro atoms. The van der Waals surface area contributed by atoms with Gasteiger partial charge in [0.15, 0.2) is 4.34 Å². The van der Waals surface area contributed by atoms with Gasteiger partial charge >= 0.3 is 0 Å². The normalized spacial score (nSPS) is 26.1. The lowest BCUT2D eigenvalue weighted by atomic mass is 10.3. The minimum Gasteiger partial charge on any atom is -0.391 e. The van der Waals surface area contributed by atoms with Crippen molar-refractivity contribution in [3.8, 4) is 0 Å². The van der Waals surface area contributed by atoms with Gasteiger partial charge < -0.3 is 9.84 Å². The van der Waals surface area contributed by atoms with Crippen LogP contribution in [0.3, 0.4) is 0 Å². The number of hydrogen-bond donors (Lipinski definition) is 1. The second-order valence-corrected chi connectivity index (χ2v) is 6.30. The highest BCUT2D eigenvalue weighted by Crippen LogP contribution is 2.37. The molecule has 15 heavy (non-hydrogen) atoms. The van der Waals surface area contributed by atoms with Gasteiger partial charge in [0.25, 0.3) is 0 Å². The summed E-state index contributed by atoms with van der Waals surface area (Å²) in [6.07, 6.45) is 1.33. The predicted octanol–water partition coefficient (Wildman–Crippen LogP) is 2.56. The van der Waals surface area contributed by atoms with Gasteiger partial charge in [-0.2, -0.15) is 0 Å². The van der Waals surface area contributed by atoms with E-state index in [1.54, 1.807) is 11.8 Å². The average molecular weight is 266 g/mol. The highest BCUT2D eigenvalue weighted by Gasteiger charge is 2.26. The van der Waals surface area contributed by atoms with Crippen LogP contribution in [0.15, 0.2) is 4.34 Å². The molecule has 1 aliphatic rings. The summed E-state index contributed by atoms with van der Waals surface area (Å²) in [6.45, 7) is 2.87. The topological polar surface area (TPSA) is 42.4 Å². The fourth-order valence-electron chi connectivity index (χ4n) is 1.46. The van der Waals surface area contributed by atoms with Gasteiger partial charge in [0.05, 0.1) is 17.6 Å². The van der Waals surface area contributed by atoms with Crippen molar-refractivity contribution < 1.29 is 9.84 Å². The molecule has 2 heterocycles. The molecule has 0 radical (unpaired) electrons. The van der Waals surface area contributed by atoms with Gasteiger partial charge in [-0.05, 0) is 13.3 Å². The van der Waals surface area contributed by atoms with Crippen LogP contribution in [0, 0.1) is 0 Å². The van der Waals surface area contributed by atoms with Gasteiger partial charge in [-0.15, -0.1) is 11.3 Å². The number of aromatic nitrogens is 1. The van der Waals surface area contributed by atoms with Crippen LogP contribution < -0.4 is 0 Å². The zero-order chi connectivity index (χ0) is 10.8. The quantitative estimate of drug-likeness (QED) is 0.912. The maximum atomic E-state index is 9.00. The Bertz CT molecular complexity index is 345. The van der Waals surface area contributed by atoms with E-state index < -0.39 is 0 Å². The first-order valence-electron chi connectivity index (χ1n) is 4.75. The lowest BCUT2D eigenvalue weighted by Gasteiger charge is -2.10. The van der Waals surface area contributed by atoms with Gasteiger partial charge in [0, 0.05) is 11.9 Å². The first-order chi connectivity index (χ1) is 7.20. The molecule has 2 atom stereocenters. The zero-order valence-corrected chi connectivity index (χ0v) is 10.7. The third kappa shape index (κ3) is 2.65. The number of thioether (sulfide) groups is 1. The predicted molar refractivity (Wildman–Crippen MR) is 62.7 cm³/mol. The number of thiazole rings is 1. The van der Waals surface area contributed by atoms with Crippen molar-refractivity contribution in [1.82, 2.24) is 4.98 Å². The molecule has 1 aliphatic heterocycles. The number of hydrogen-bond acceptors (Lipinski definition) is 5. The summed E-state index contributed by atoms with van der Waals surface area (Å²) >= 11 is 9.02. The Kier molecular flexibility index (Phi) is 3.90. The fourth-order valence-corrected chi connectivity index (χ4v) is 4.11. The lowest BCUT2D eigenvalue weighted by molar-refractivity contribution is 0.127. The second-order valence-electron chi connectivity index (χ2n) is 3.37. The van der Waals surface area contributed by atoms with Gasteiger partial charge in [0.1, 0.15) is 5.15 Å². The Morgan fingerprint density at radius 2 is 2.53 bits per heavy atom. The van der Waals surface area contributed by atoms with Crippen LogP contribution in [-0.4, -0.2) is 28.1 Å². The minimum atomic E-state index is -0.0339. The molecule has 2 unspecified atom stereocenters. The molecule has 1 N–H and O–H groups in total. The Balaban J connectivity index is 2.04. The van der Waals surface area contributed by atoms with Crippen LogP contribution in [0.2, 0.25) is 5.15 Å². The standard InChI is InChI=1S/C9H12ClNO2S2/c1-5-6(2-3-13-5)14-9-11-8(10)7(4-12)15-9/h5-6,12H,2-4H2,1H3. The van der Waals surface area contributed by atoms with Crippen LogP contribution >= 0.6 is 34.7 Å². The van der Waals surface area contributed by atoms with Crippen LogP contribution in [0.25, 0.3) is 0 Å². The van der Waals surface area contributed by atoms with E-state index in [4.69, 9.17) is 21.4 Å². The molecule has 84 valence electrons. The maximum absolute atomic E-state index is 9.00. The number of ether oxygens (including phenoxy) is 1. The van der Waals surface area contributed by atoms with Crippen molar-refractivity contribution in [2.24, 2.45) is 0 Å². The van der Waals surface area contributed by atoms with Crippen molar-refractivity contribution in [3.63, 3.8) is 0 Å². The monoisotopic (exact) mass is 265 g/mol. The third-order valence-electron chi connectivity index (χ3n) is 2.33. The number of halogens is 1. The van der Waals surface area contributed by atoms with Crippen molar-refractivity contribution in [2.45, 2.75) is 35.6 Å². The molecule has 1 fully saturated rings. The Labute approximate surface area is 102 Å². The summed E-state index contributed by atoms with van der Waals surface area (Å²) in [7, 11) is 0. The van der Waals surface area contributed by atoms with E-state index in [1.807, 2.05) is 0 Å². The smallest absolute Gasteiger partial charge is 0.152 e. The van der Waals surface area contributed by atoms with E-state index in [9.17, 15) is 0 Å². The van der Waals surface area contributed by atoms with Gasteiger partial charge in [-0.3, -0.25) is 0 Å². The van der Waals surface area contributed by atoms with Crippen molar-refractivity contribution in [1.29, 1.82) is 0 Å². The first kappa shape index (κ1) is 11.7. The van der Waals surface area contributed by atoms with Crippen LogP contribution in [0.4, 0.5) is 0 Å². The minimum absolute atomic E-state index is 0.0339. The molecular formula is C9H12ClNO2S2. The molecule has 6 heteroatoms. The van der Waals surface area contributed by atoms with Crippen molar-refractivity contribution in [2.75, 3.05) is 6.61 Å². The van der Waals surface area contributed by atoms with E-state index in [0.29, 0.717) is 10.4 Å². The third-order valence-corrected chi connectivity index (χ3v) is 5.35. The van der Waals surface area contributed by atoms with Crippen LogP contribution in [0.5, 0.6) is 0 Å². The summed E-state index contributed by atoms with van der Waals surface area (Å²) in [6, 6.07) is 0. The highest BCUT2D eigenvalue weighted by molar-refractivity contribution is 8.01. The van der Waals surface area contributed by atoms with E-state index in [0.717, 1.165) is 22.2 Å². The summed E-state index contributed by atoms with van der Waals surface area (Å²) in [5, 5.41) is 9.88. The summed E-state index contributed by atoms with van der Waals surface area (Å²) in [4.78, 5) is 4.95. The maximum Gasteiger partial charge on any atom is 0.152 e. The molecular weight excluding hydrogens is 254 g/mol. The number of rotatable bonds is 3. The molecule has 2 rings (SSSR count). The summed E-state index contributed by atoms with van der Waals surface area (Å²) in [5.74, 6) is 0. The molecule has 0 amide bonds. The SMILES string of the molecule is CC1OCCC1Sc1nc(Cl)c(CO)s1. The molecule has 3 nitrogen and oxygen atoms in total. The Hall–Kier alpha value is 0.190.